The van der Waals surface area contributed by atoms with Crippen molar-refractivity contribution in [2.75, 3.05) is 11.9 Å². The van der Waals surface area contributed by atoms with Gasteiger partial charge in [-0.15, -0.1) is 0 Å². The first-order valence-electron chi connectivity index (χ1n) is 9.09. The number of hydrogen-bond donors (Lipinski definition) is 1. The molecular weight excluding hydrogens is 541 g/mol. The molecule has 8 nitrogen and oxygen atoms in total. The zero-order valence-corrected chi connectivity index (χ0v) is 20.4. The highest BCUT2D eigenvalue weighted by atomic mass is 35.5. The molecule has 174 valence electrons. The molecule has 13 heteroatoms. The van der Waals surface area contributed by atoms with Crippen molar-refractivity contribution in [1.29, 1.82) is 0 Å². The van der Waals surface area contributed by atoms with E-state index in [4.69, 9.17) is 71.9 Å². The van der Waals surface area contributed by atoms with E-state index in [0.717, 1.165) is 0 Å². The lowest BCUT2D eigenvalue weighted by Crippen LogP contribution is -2.12. The average molecular weight is 555 g/mol. The van der Waals surface area contributed by atoms with Crippen LogP contribution in [0.3, 0.4) is 0 Å². The van der Waals surface area contributed by atoms with Crippen LogP contribution in [0.2, 0.25) is 25.1 Å². The monoisotopic (exact) mass is 552 g/mol. The fourth-order valence-electron chi connectivity index (χ4n) is 2.64. The maximum absolute atomic E-state index is 12.5. The van der Waals surface area contributed by atoms with Gasteiger partial charge in [-0.3, -0.25) is 14.9 Å². The molecule has 33 heavy (non-hydrogen) atoms. The smallest absolute Gasteiger partial charge is 0.296 e. The first kappa shape index (κ1) is 25.3. The van der Waals surface area contributed by atoms with Crippen LogP contribution in [-0.4, -0.2) is 17.4 Å². The summed E-state index contributed by atoms with van der Waals surface area (Å²) in [5.41, 5.74) is -0.350. The molecule has 0 radical (unpaired) electrons. The molecule has 3 aromatic rings. The van der Waals surface area contributed by atoms with Gasteiger partial charge in [-0.2, -0.15) is 0 Å². The van der Waals surface area contributed by atoms with Gasteiger partial charge in [0, 0.05) is 0 Å². The fourth-order valence-corrected chi connectivity index (χ4v) is 3.87. The zero-order chi connectivity index (χ0) is 24.3. The van der Waals surface area contributed by atoms with Gasteiger partial charge in [0.2, 0.25) is 0 Å². The molecule has 0 aliphatic heterocycles. The van der Waals surface area contributed by atoms with Crippen molar-refractivity contribution in [2.45, 2.75) is 13.5 Å². The molecule has 2 aromatic carbocycles. The van der Waals surface area contributed by atoms with Crippen molar-refractivity contribution in [1.82, 2.24) is 0 Å². The van der Waals surface area contributed by atoms with E-state index in [0.29, 0.717) is 12.4 Å². The molecule has 1 N–H and O–H groups in total. The van der Waals surface area contributed by atoms with Crippen molar-refractivity contribution in [3.63, 3.8) is 0 Å². The summed E-state index contributed by atoms with van der Waals surface area (Å²) in [6, 6.07) is 6.94. The normalized spacial score (nSPS) is 10.7. The number of amides is 1. The van der Waals surface area contributed by atoms with E-state index in [9.17, 15) is 14.9 Å². The number of carbonyl (C=O) groups is 1. The highest BCUT2D eigenvalue weighted by molar-refractivity contribution is 6.55. The third kappa shape index (κ3) is 5.59. The summed E-state index contributed by atoms with van der Waals surface area (Å²) in [6.07, 6.45) is 0. The average Bonchev–Trinajstić information content (AvgIpc) is 3.26. The quantitative estimate of drug-likeness (QED) is 0.133. The number of rotatable bonds is 8. The number of carbonyl (C=O) groups excluding carboxylic acids is 1. The van der Waals surface area contributed by atoms with Gasteiger partial charge in [0.05, 0.1) is 32.7 Å². The Balaban J connectivity index is 1.74. The minimum atomic E-state index is -0.706. The van der Waals surface area contributed by atoms with Crippen LogP contribution in [0.4, 0.5) is 11.4 Å². The number of hydrogen-bond acceptors (Lipinski definition) is 6. The zero-order valence-electron chi connectivity index (χ0n) is 16.6. The van der Waals surface area contributed by atoms with E-state index in [1.807, 2.05) is 0 Å². The summed E-state index contributed by atoms with van der Waals surface area (Å²) in [4.78, 5) is 23.3. The summed E-state index contributed by atoms with van der Waals surface area (Å²) in [6.45, 7) is 1.91. The fraction of sp³-hybridized carbons (Fsp3) is 0.150. The molecule has 0 bridgehead atoms. The van der Waals surface area contributed by atoms with Crippen molar-refractivity contribution < 1.29 is 23.6 Å². The Kier molecular flexibility index (Phi) is 8.20. The van der Waals surface area contributed by atoms with E-state index in [1.165, 1.54) is 30.3 Å². The van der Waals surface area contributed by atoms with Gasteiger partial charge in [-0.05, 0) is 31.2 Å². The first-order chi connectivity index (χ1) is 15.6. The number of ether oxygens (including phenoxy) is 2. The van der Waals surface area contributed by atoms with Gasteiger partial charge in [0.25, 0.3) is 11.6 Å². The van der Waals surface area contributed by atoms with Gasteiger partial charge >= 0.3 is 0 Å². The molecule has 3 rings (SSSR count). The summed E-state index contributed by atoms with van der Waals surface area (Å²) >= 11 is 30.2. The third-order valence-corrected chi connectivity index (χ3v) is 6.38. The van der Waals surface area contributed by atoms with Crippen molar-refractivity contribution in [3.8, 4) is 11.5 Å². The van der Waals surface area contributed by atoms with E-state index in [2.05, 4.69) is 5.32 Å². The second-order valence-electron chi connectivity index (χ2n) is 6.28. The Hall–Kier alpha value is -2.36. The predicted octanol–water partition coefficient (Wildman–Crippen LogP) is 7.68. The van der Waals surface area contributed by atoms with Crippen LogP contribution in [0.5, 0.6) is 11.5 Å². The third-order valence-electron chi connectivity index (χ3n) is 4.14. The van der Waals surface area contributed by atoms with Gasteiger partial charge in [-0.25, -0.2) is 0 Å². The van der Waals surface area contributed by atoms with Crippen molar-refractivity contribution in [2.24, 2.45) is 0 Å². The van der Waals surface area contributed by atoms with Crippen LogP contribution in [0.15, 0.2) is 34.7 Å². The van der Waals surface area contributed by atoms with E-state index in [-0.39, 0.29) is 60.4 Å². The predicted molar refractivity (Wildman–Crippen MR) is 127 cm³/mol. The standard InChI is InChI=1S/C20H13Cl5N2O6/c1-2-31-9-3-5-11(12(7-9)27(29)30)26-20(28)13-6-4-10(33-13)8-32-19-17(24)15(22)14(21)16(23)18(19)25/h3-7H,2,8H2,1H3,(H,26,28). The largest absolute Gasteiger partial charge is 0.494 e. The van der Waals surface area contributed by atoms with E-state index < -0.39 is 10.8 Å². The number of halogens is 5. The highest BCUT2D eigenvalue weighted by Gasteiger charge is 2.22. The second-order valence-corrected chi connectivity index (χ2v) is 8.17. The Morgan fingerprint density at radius 1 is 1.00 bits per heavy atom. The summed E-state index contributed by atoms with van der Waals surface area (Å²) in [5, 5.41) is 13.6. The minimum Gasteiger partial charge on any atom is -0.494 e. The van der Waals surface area contributed by atoms with Crippen molar-refractivity contribution in [3.05, 3.63) is 77.1 Å². The number of anilines is 1. The maximum atomic E-state index is 12.5. The van der Waals surface area contributed by atoms with Crippen LogP contribution >= 0.6 is 58.0 Å². The van der Waals surface area contributed by atoms with Crippen LogP contribution in [0, 0.1) is 10.1 Å². The Labute approximate surface area is 212 Å². The molecular formula is C20H13Cl5N2O6. The number of nitro groups is 1. The molecule has 0 aliphatic carbocycles. The molecule has 1 heterocycles. The van der Waals surface area contributed by atoms with Crippen molar-refractivity contribution >= 4 is 75.3 Å². The lowest BCUT2D eigenvalue weighted by Gasteiger charge is -2.12. The van der Waals surface area contributed by atoms with Gasteiger partial charge in [0.1, 0.15) is 33.8 Å². The molecule has 0 spiro atoms. The topological polar surface area (TPSA) is 104 Å². The first-order valence-corrected chi connectivity index (χ1v) is 11.0. The molecule has 0 fully saturated rings. The Morgan fingerprint density at radius 2 is 1.64 bits per heavy atom. The Morgan fingerprint density at radius 3 is 2.24 bits per heavy atom. The summed E-state index contributed by atoms with van der Waals surface area (Å²) < 4.78 is 16.3. The molecule has 1 aromatic heterocycles. The number of nitrogens with one attached hydrogen (secondary N) is 1. The molecule has 0 saturated carbocycles. The number of furan rings is 1. The van der Waals surface area contributed by atoms with E-state index >= 15 is 0 Å². The lowest BCUT2D eigenvalue weighted by atomic mass is 10.2. The summed E-state index contributed by atoms with van der Waals surface area (Å²) in [7, 11) is 0. The van der Waals surface area contributed by atoms with Gasteiger partial charge in [0.15, 0.2) is 11.5 Å². The summed E-state index contributed by atoms with van der Waals surface area (Å²) in [5.74, 6) is -0.288. The Bertz CT molecular complexity index is 1200. The maximum Gasteiger partial charge on any atom is 0.296 e. The molecule has 0 unspecified atom stereocenters. The number of nitrogens with zero attached hydrogens (tertiary/aromatic N) is 1. The van der Waals surface area contributed by atoms with Crippen LogP contribution < -0.4 is 14.8 Å². The molecule has 1 amide bonds. The number of benzene rings is 2. The van der Waals surface area contributed by atoms with Gasteiger partial charge < -0.3 is 19.2 Å². The molecule has 0 atom stereocenters. The van der Waals surface area contributed by atoms with Crippen LogP contribution in [0.25, 0.3) is 0 Å². The highest BCUT2D eigenvalue weighted by Crippen LogP contribution is 2.48. The van der Waals surface area contributed by atoms with Crippen LogP contribution in [0.1, 0.15) is 23.2 Å². The molecule has 0 saturated heterocycles. The number of nitro benzene ring substituents is 1. The van der Waals surface area contributed by atoms with E-state index in [1.54, 1.807) is 6.92 Å². The van der Waals surface area contributed by atoms with Gasteiger partial charge in [-0.1, -0.05) is 58.0 Å². The minimum absolute atomic E-state index is 0.00912. The lowest BCUT2D eigenvalue weighted by molar-refractivity contribution is -0.384. The second kappa shape index (κ2) is 10.7. The SMILES string of the molecule is CCOc1ccc(NC(=O)c2ccc(COc3c(Cl)c(Cl)c(Cl)c(Cl)c3Cl)o2)c([N+](=O)[O-])c1. The van der Waals surface area contributed by atoms with Crippen LogP contribution in [-0.2, 0) is 6.61 Å². The molecule has 0 aliphatic rings.